The number of halogens is 1. The highest BCUT2D eigenvalue weighted by atomic mass is 35.5. The normalized spacial score (nSPS) is 13.9. The second kappa shape index (κ2) is 7.59. The number of esters is 1. The van der Waals surface area contributed by atoms with Crippen molar-refractivity contribution >= 4 is 35.3 Å². The number of imide groups is 1. The van der Waals surface area contributed by atoms with Gasteiger partial charge in [0.15, 0.2) is 6.73 Å². The van der Waals surface area contributed by atoms with Crippen LogP contribution in [-0.4, -0.2) is 41.4 Å². The van der Waals surface area contributed by atoms with E-state index in [-0.39, 0.29) is 21.7 Å². The quantitative estimate of drug-likeness (QED) is 0.628. The summed E-state index contributed by atoms with van der Waals surface area (Å²) in [5, 5.41) is 2.72. The molecular weight excluding hydrogens is 372 g/mol. The summed E-state index contributed by atoms with van der Waals surface area (Å²) in [5.41, 5.74) is 0.747. The van der Waals surface area contributed by atoms with Gasteiger partial charge in [-0.1, -0.05) is 35.9 Å². The van der Waals surface area contributed by atoms with Crippen LogP contribution in [0.3, 0.4) is 0 Å². The van der Waals surface area contributed by atoms with Gasteiger partial charge in [0.05, 0.1) is 21.7 Å². The molecule has 1 aliphatic heterocycles. The maximum absolute atomic E-state index is 12.2. The number of nitrogens with zero attached hydrogens (tertiary/aromatic N) is 1. The molecule has 1 aliphatic rings. The van der Waals surface area contributed by atoms with Crippen molar-refractivity contribution in [1.29, 1.82) is 0 Å². The third kappa shape index (κ3) is 3.68. The number of hydrogen-bond acceptors (Lipinski definition) is 5. The number of rotatable bonds is 5. The molecule has 2 aromatic rings. The lowest BCUT2D eigenvalue weighted by Crippen LogP contribution is -2.42. The maximum Gasteiger partial charge on any atom is 0.330 e. The van der Waals surface area contributed by atoms with Gasteiger partial charge in [0.2, 0.25) is 0 Å². The van der Waals surface area contributed by atoms with E-state index in [0.717, 1.165) is 4.90 Å². The first-order valence-corrected chi connectivity index (χ1v) is 8.45. The van der Waals surface area contributed by atoms with Gasteiger partial charge >= 0.3 is 5.97 Å². The van der Waals surface area contributed by atoms with Gasteiger partial charge in [0, 0.05) is 0 Å². The summed E-state index contributed by atoms with van der Waals surface area (Å²) in [6.45, 7) is 0.900. The Morgan fingerprint density at radius 1 is 1.04 bits per heavy atom. The summed E-state index contributed by atoms with van der Waals surface area (Å²) in [7, 11) is 0. The largest absolute Gasteiger partial charge is 0.442 e. The number of benzene rings is 2. The maximum atomic E-state index is 12.2. The number of carbonyl (C=O) groups excluding carboxylic acids is 4. The molecule has 0 saturated carbocycles. The molecule has 1 atom stereocenters. The highest BCUT2D eigenvalue weighted by molar-refractivity contribution is 6.33. The Kier molecular flexibility index (Phi) is 5.23. The van der Waals surface area contributed by atoms with Crippen LogP contribution in [0.2, 0.25) is 5.02 Å². The monoisotopic (exact) mass is 386 g/mol. The molecule has 8 heteroatoms. The molecule has 0 saturated heterocycles. The Morgan fingerprint density at radius 2 is 1.59 bits per heavy atom. The van der Waals surface area contributed by atoms with Gasteiger partial charge in [0.1, 0.15) is 6.04 Å². The zero-order chi connectivity index (χ0) is 19.6. The van der Waals surface area contributed by atoms with E-state index in [0.29, 0.717) is 0 Å². The molecule has 0 aromatic heterocycles. The summed E-state index contributed by atoms with van der Waals surface area (Å²) >= 11 is 5.95. The fraction of sp³-hybridized carbons (Fsp3) is 0.158. The van der Waals surface area contributed by atoms with Crippen LogP contribution in [-0.2, 0) is 9.53 Å². The number of ether oxygens (including phenoxy) is 1. The Labute approximate surface area is 159 Å². The van der Waals surface area contributed by atoms with Gasteiger partial charge in [-0.25, -0.2) is 9.69 Å². The zero-order valence-corrected chi connectivity index (χ0v) is 15.0. The topological polar surface area (TPSA) is 92.8 Å². The van der Waals surface area contributed by atoms with E-state index >= 15 is 0 Å². The molecule has 3 rings (SSSR count). The molecule has 0 fully saturated rings. The van der Waals surface area contributed by atoms with Crippen molar-refractivity contribution in [3.63, 3.8) is 0 Å². The summed E-state index contributed by atoms with van der Waals surface area (Å²) in [5.74, 6) is -2.38. The predicted octanol–water partition coefficient (Wildman–Crippen LogP) is 2.26. The van der Waals surface area contributed by atoms with Crippen molar-refractivity contribution in [2.45, 2.75) is 13.0 Å². The molecule has 3 amide bonds. The third-order valence-electron chi connectivity index (χ3n) is 4.03. The molecule has 2 aromatic carbocycles. The van der Waals surface area contributed by atoms with E-state index < -0.39 is 36.5 Å². The van der Waals surface area contributed by atoms with Gasteiger partial charge in [-0.2, -0.15) is 0 Å². The molecule has 27 heavy (non-hydrogen) atoms. The van der Waals surface area contributed by atoms with Crippen molar-refractivity contribution < 1.29 is 23.9 Å². The molecule has 0 aliphatic carbocycles. The molecule has 138 valence electrons. The lowest BCUT2D eigenvalue weighted by molar-refractivity contribution is -0.148. The summed E-state index contributed by atoms with van der Waals surface area (Å²) in [6.07, 6.45) is 0. The van der Waals surface area contributed by atoms with E-state index in [4.69, 9.17) is 16.3 Å². The van der Waals surface area contributed by atoms with Crippen molar-refractivity contribution in [3.05, 3.63) is 70.2 Å². The van der Waals surface area contributed by atoms with Crippen molar-refractivity contribution in [2.24, 2.45) is 0 Å². The minimum absolute atomic E-state index is 0.221. The first-order valence-electron chi connectivity index (χ1n) is 8.07. The van der Waals surface area contributed by atoms with E-state index in [2.05, 4.69) is 5.32 Å². The van der Waals surface area contributed by atoms with Crippen LogP contribution in [0.5, 0.6) is 0 Å². The minimum Gasteiger partial charge on any atom is -0.442 e. The SMILES string of the molecule is C[C@H](NC(=O)c1ccccc1Cl)C(=O)OCN1C(=O)c2ccccc2C1=O. The Bertz CT molecular complexity index is 908. The van der Waals surface area contributed by atoms with E-state index in [1.54, 1.807) is 30.3 Å². The van der Waals surface area contributed by atoms with Crippen LogP contribution < -0.4 is 5.32 Å². The second-order valence-corrected chi connectivity index (χ2v) is 6.26. The molecule has 7 nitrogen and oxygen atoms in total. The highest BCUT2D eigenvalue weighted by Crippen LogP contribution is 2.22. The molecule has 1 heterocycles. The number of carbonyl (C=O) groups is 4. The van der Waals surface area contributed by atoms with Crippen LogP contribution in [0.4, 0.5) is 0 Å². The highest BCUT2D eigenvalue weighted by Gasteiger charge is 2.36. The lowest BCUT2D eigenvalue weighted by atomic mass is 10.1. The second-order valence-electron chi connectivity index (χ2n) is 5.85. The van der Waals surface area contributed by atoms with Crippen LogP contribution in [0.25, 0.3) is 0 Å². The van der Waals surface area contributed by atoms with E-state index in [1.807, 2.05) is 0 Å². The minimum atomic E-state index is -0.996. The van der Waals surface area contributed by atoms with Crippen LogP contribution in [0, 0.1) is 0 Å². The third-order valence-corrected chi connectivity index (χ3v) is 4.36. The average Bonchev–Trinajstić information content (AvgIpc) is 2.91. The number of hydrogen-bond donors (Lipinski definition) is 1. The van der Waals surface area contributed by atoms with Crippen LogP contribution in [0.1, 0.15) is 38.0 Å². The predicted molar refractivity (Wildman–Crippen MR) is 96.3 cm³/mol. The fourth-order valence-corrected chi connectivity index (χ4v) is 2.81. The van der Waals surface area contributed by atoms with Crippen molar-refractivity contribution in [2.75, 3.05) is 6.73 Å². The Morgan fingerprint density at radius 3 is 2.19 bits per heavy atom. The number of nitrogens with one attached hydrogen (secondary N) is 1. The van der Waals surface area contributed by atoms with Gasteiger partial charge in [0.25, 0.3) is 17.7 Å². The molecular formula is C19H15ClN2O5. The van der Waals surface area contributed by atoms with Gasteiger partial charge < -0.3 is 10.1 Å². The van der Waals surface area contributed by atoms with Crippen LogP contribution in [0.15, 0.2) is 48.5 Å². The van der Waals surface area contributed by atoms with Gasteiger partial charge in [-0.3, -0.25) is 14.4 Å². The smallest absolute Gasteiger partial charge is 0.330 e. The summed E-state index contributed by atoms with van der Waals surface area (Å²) in [4.78, 5) is 49.6. The number of amides is 3. The van der Waals surface area contributed by atoms with E-state index in [1.165, 1.54) is 25.1 Å². The zero-order valence-electron chi connectivity index (χ0n) is 14.3. The Hall–Kier alpha value is -3.19. The van der Waals surface area contributed by atoms with Gasteiger partial charge in [-0.15, -0.1) is 0 Å². The van der Waals surface area contributed by atoms with Crippen molar-refractivity contribution in [3.8, 4) is 0 Å². The first-order chi connectivity index (χ1) is 12.9. The lowest BCUT2D eigenvalue weighted by Gasteiger charge is -2.17. The fourth-order valence-electron chi connectivity index (χ4n) is 2.59. The van der Waals surface area contributed by atoms with E-state index in [9.17, 15) is 19.2 Å². The van der Waals surface area contributed by atoms with Gasteiger partial charge in [-0.05, 0) is 31.2 Å². The molecule has 0 spiro atoms. The summed E-state index contributed by atoms with van der Waals surface area (Å²) < 4.78 is 5.02. The number of fused-ring (bicyclic) bond motifs is 1. The summed E-state index contributed by atoms with van der Waals surface area (Å²) in [6, 6.07) is 11.8. The molecule has 0 radical (unpaired) electrons. The average molecular weight is 387 g/mol. The molecule has 1 N–H and O–H groups in total. The standard InChI is InChI=1S/C19H15ClN2O5/c1-11(21-16(23)14-8-4-5-9-15(14)20)19(26)27-10-22-17(24)12-6-2-3-7-13(12)18(22)25/h2-9,11H,10H2,1H3,(H,21,23)/t11-/m0/s1. The molecule has 0 bridgehead atoms. The Balaban J connectivity index is 1.58. The van der Waals surface area contributed by atoms with Crippen LogP contribution >= 0.6 is 11.6 Å². The molecule has 0 unspecified atom stereocenters. The first kappa shape index (κ1) is 18.6. The van der Waals surface area contributed by atoms with Crippen molar-refractivity contribution in [1.82, 2.24) is 10.2 Å².